The van der Waals surface area contributed by atoms with Crippen molar-refractivity contribution in [3.8, 4) is 0 Å². The van der Waals surface area contributed by atoms with E-state index in [0.29, 0.717) is 6.54 Å². The van der Waals surface area contributed by atoms with Gasteiger partial charge in [0.25, 0.3) is 0 Å². The van der Waals surface area contributed by atoms with Gasteiger partial charge in [-0.3, -0.25) is 9.59 Å². The van der Waals surface area contributed by atoms with Gasteiger partial charge in [-0.2, -0.15) is 0 Å². The van der Waals surface area contributed by atoms with E-state index in [9.17, 15) is 9.59 Å². The molecular formula is C16H22N2O2. The molecule has 0 aromatic heterocycles. The van der Waals surface area contributed by atoms with Gasteiger partial charge in [0.15, 0.2) is 0 Å². The number of anilines is 1. The van der Waals surface area contributed by atoms with E-state index in [1.165, 1.54) is 5.56 Å². The number of rotatable bonds is 2. The molecule has 0 saturated carbocycles. The maximum atomic E-state index is 12.3. The Kier molecular flexibility index (Phi) is 4.42. The molecule has 1 heterocycles. The molecule has 4 nitrogen and oxygen atoms in total. The van der Waals surface area contributed by atoms with E-state index in [1.54, 1.807) is 11.8 Å². The van der Waals surface area contributed by atoms with Gasteiger partial charge in [0.2, 0.25) is 11.8 Å². The van der Waals surface area contributed by atoms with Crippen LogP contribution in [0.25, 0.3) is 0 Å². The number of carbonyl (C=O) groups excluding carboxylic acids is 2. The van der Waals surface area contributed by atoms with E-state index in [2.05, 4.69) is 11.4 Å². The molecule has 0 spiro atoms. The summed E-state index contributed by atoms with van der Waals surface area (Å²) in [4.78, 5) is 25.5. The van der Waals surface area contributed by atoms with Crippen molar-refractivity contribution in [2.75, 3.05) is 18.4 Å². The van der Waals surface area contributed by atoms with Crippen LogP contribution in [-0.2, 0) is 9.59 Å². The Labute approximate surface area is 120 Å². The van der Waals surface area contributed by atoms with Crippen LogP contribution < -0.4 is 5.32 Å². The van der Waals surface area contributed by atoms with Gasteiger partial charge in [-0.25, -0.2) is 0 Å². The number of hydrogen-bond acceptors (Lipinski definition) is 2. The minimum atomic E-state index is -0.103. The van der Waals surface area contributed by atoms with Gasteiger partial charge < -0.3 is 10.2 Å². The molecule has 1 aromatic carbocycles. The van der Waals surface area contributed by atoms with E-state index in [-0.39, 0.29) is 17.7 Å². The van der Waals surface area contributed by atoms with Gasteiger partial charge in [-0.05, 0) is 38.3 Å². The summed E-state index contributed by atoms with van der Waals surface area (Å²) in [6.07, 6.45) is 1.74. The summed E-state index contributed by atoms with van der Waals surface area (Å²) in [5.41, 5.74) is 3.11. The molecule has 108 valence electrons. The fourth-order valence-corrected chi connectivity index (χ4v) is 2.67. The van der Waals surface area contributed by atoms with Crippen molar-refractivity contribution in [1.82, 2.24) is 4.90 Å². The molecule has 1 aliphatic rings. The molecule has 1 saturated heterocycles. The molecule has 2 rings (SSSR count). The quantitative estimate of drug-likeness (QED) is 0.900. The van der Waals surface area contributed by atoms with E-state index in [4.69, 9.17) is 0 Å². The lowest BCUT2D eigenvalue weighted by Crippen LogP contribution is -2.42. The lowest BCUT2D eigenvalue weighted by molar-refractivity contribution is -0.132. The minimum Gasteiger partial charge on any atom is -0.342 e. The van der Waals surface area contributed by atoms with E-state index >= 15 is 0 Å². The maximum Gasteiger partial charge on any atom is 0.229 e. The van der Waals surface area contributed by atoms with Gasteiger partial charge >= 0.3 is 0 Å². The number of hydrogen-bond donors (Lipinski definition) is 1. The summed E-state index contributed by atoms with van der Waals surface area (Å²) < 4.78 is 0. The first-order chi connectivity index (χ1) is 9.47. The van der Waals surface area contributed by atoms with E-state index in [0.717, 1.165) is 30.6 Å². The molecular weight excluding hydrogens is 252 g/mol. The SMILES string of the molecule is CC(=O)N1CCCC(C(=O)Nc2ccc(C)cc2C)C1. The number of likely N-dealkylation sites (tertiary alicyclic amines) is 1. The Morgan fingerprint density at radius 2 is 2.05 bits per heavy atom. The highest BCUT2D eigenvalue weighted by Crippen LogP contribution is 2.21. The van der Waals surface area contributed by atoms with Crippen molar-refractivity contribution >= 4 is 17.5 Å². The lowest BCUT2D eigenvalue weighted by atomic mass is 9.96. The number of carbonyl (C=O) groups is 2. The van der Waals surface area contributed by atoms with Gasteiger partial charge in [0, 0.05) is 25.7 Å². The summed E-state index contributed by atoms with van der Waals surface area (Å²) in [5, 5.41) is 2.99. The topological polar surface area (TPSA) is 49.4 Å². The van der Waals surface area contributed by atoms with Crippen molar-refractivity contribution in [1.29, 1.82) is 0 Å². The molecule has 1 N–H and O–H groups in total. The van der Waals surface area contributed by atoms with Gasteiger partial charge in [0.05, 0.1) is 5.92 Å². The second-order valence-corrected chi connectivity index (χ2v) is 5.61. The maximum absolute atomic E-state index is 12.3. The number of aryl methyl sites for hydroxylation is 2. The standard InChI is InChI=1S/C16H22N2O2/c1-11-6-7-15(12(2)9-11)17-16(20)14-5-4-8-18(10-14)13(3)19/h6-7,9,14H,4-5,8,10H2,1-3H3,(H,17,20). The monoisotopic (exact) mass is 274 g/mol. The van der Waals surface area contributed by atoms with Crippen LogP contribution in [0.3, 0.4) is 0 Å². The van der Waals surface area contributed by atoms with Crippen molar-refractivity contribution < 1.29 is 9.59 Å². The average Bonchev–Trinajstić information content (AvgIpc) is 2.42. The highest BCUT2D eigenvalue weighted by molar-refractivity contribution is 5.93. The molecule has 0 radical (unpaired) electrons. The van der Waals surface area contributed by atoms with Crippen LogP contribution in [0.5, 0.6) is 0 Å². The summed E-state index contributed by atoms with van der Waals surface area (Å²) in [6, 6.07) is 5.98. The van der Waals surface area contributed by atoms with Crippen LogP contribution in [-0.4, -0.2) is 29.8 Å². The normalized spacial score (nSPS) is 18.8. The van der Waals surface area contributed by atoms with Crippen LogP contribution >= 0.6 is 0 Å². The third-order valence-electron chi connectivity index (χ3n) is 3.88. The zero-order chi connectivity index (χ0) is 14.7. The summed E-state index contributed by atoms with van der Waals surface area (Å²) in [7, 11) is 0. The van der Waals surface area contributed by atoms with Crippen molar-refractivity contribution in [3.63, 3.8) is 0 Å². The Balaban J connectivity index is 2.02. The third-order valence-corrected chi connectivity index (χ3v) is 3.88. The fraction of sp³-hybridized carbons (Fsp3) is 0.500. The Morgan fingerprint density at radius 3 is 2.70 bits per heavy atom. The first-order valence-corrected chi connectivity index (χ1v) is 7.11. The molecule has 1 unspecified atom stereocenters. The van der Waals surface area contributed by atoms with E-state index < -0.39 is 0 Å². The highest BCUT2D eigenvalue weighted by Gasteiger charge is 2.27. The molecule has 0 bridgehead atoms. The summed E-state index contributed by atoms with van der Waals surface area (Å²) >= 11 is 0. The number of amides is 2. The molecule has 1 aliphatic heterocycles. The van der Waals surface area contributed by atoms with Crippen LogP contribution in [0.2, 0.25) is 0 Å². The van der Waals surface area contributed by atoms with Crippen LogP contribution in [0.1, 0.15) is 30.9 Å². The van der Waals surface area contributed by atoms with Gasteiger partial charge in [0.1, 0.15) is 0 Å². The Morgan fingerprint density at radius 1 is 1.30 bits per heavy atom. The second-order valence-electron chi connectivity index (χ2n) is 5.61. The fourth-order valence-electron chi connectivity index (χ4n) is 2.67. The number of nitrogens with one attached hydrogen (secondary N) is 1. The van der Waals surface area contributed by atoms with E-state index in [1.807, 2.05) is 26.0 Å². The minimum absolute atomic E-state index is 0.0166. The number of piperidine rings is 1. The zero-order valence-electron chi connectivity index (χ0n) is 12.4. The molecule has 2 amide bonds. The summed E-state index contributed by atoms with van der Waals surface area (Å²) in [5.74, 6) is -0.0368. The molecule has 0 aliphatic carbocycles. The summed E-state index contributed by atoms with van der Waals surface area (Å²) in [6.45, 7) is 6.88. The smallest absolute Gasteiger partial charge is 0.229 e. The van der Waals surface area contributed by atoms with Crippen molar-refractivity contribution in [2.45, 2.75) is 33.6 Å². The molecule has 1 aromatic rings. The second kappa shape index (κ2) is 6.07. The van der Waals surface area contributed by atoms with Gasteiger partial charge in [-0.1, -0.05) is 17.7 Å². The first kappa shape index (κ1) is 14.6. The highest BCUT2D eigenvalue weighted by atomic mass is 16.2. The third kappa shape index (κ3) is 3.38. The van der Waals surface area contributed by atoms with Crippen LogP contribution in [0, 0.1) is 19.8 Å². The first-order valence-electron chi connectivity index (χ1n) is 7.11. The largest absolute Gasteiger partial charge is 0.342 e. The molecule has 1 fully saturated rings. The molecule has 1 atom stereocenters. The van der Waals surface area contributed by atoms with Gasteiger partial charge in [-0.15, -0.1) is 0 Å². The number of nitrogens with zero attached hydrogens (tertiary/aromatic N) is 1. The van der Waals surface area contributed by atoms with Crippen molar-refractivity contribution in [3.05, 3.63) is 29.3 Å². The van der Waals surface area contributed by atoms with Crippen LogP contribution in [0.4, 0.5) is 5.69 Å². The van der Waals surface area contributed by atoms with Crippen LogP contribution in [0.15, 0.2) is 18.2 Å². The van der Waals surface area contributed by atoms with Crippen molar-refractivity contribution in [2.24, 2.45) is 5.92 Å². The Hall–Kier alpha value is -1.84. The predicted octanol–water partition coefficient (Wildman–Crippen LogP) is 2.50. The Bertz CT molecular complexity index is 525. The zero-order valence-corrected chi connectivity index (χ0v) is 12.4. The number of benzene rings is 1. The average molecular weight is 274 g/mol. The lowest BCUT2D eigenvalue weighted by Gasteiger charge is -2.31. The molecule has 4 heteroatoms. The predicted molar refractivity (Wildman–Crippen MR) is 79.5 cm³/mol. The molecule has 20 heavy (non-hydrogen) atoms.